The van der Waals surface area contributed by atoms with E-state index in [4.69, 9.17) is 16.3 Å². The molecule has 6 heteroatoms. The molecule has 0 aliphatic heterocycles. The lowest BCUT2D eigenvalue weighted by Crippen LogP contribution is -2.04. The Kier molecular flexibility index (Phi) is 3.50. The molecular formula is C16H11ClFNO3. The minimum Gasteiger partial charge on any atom is -0.507 e. The first-order valence-electron chi connectivity index (χ1n) is 6.39. The van der Waals surface area contributed by atoms with Crippen molar-refractivity contribution in [1.82, 2.24) is 4.98 Å². The summed E-state index contributed by atoms with van der Waals surface area (Å²) in [6.45, 7) is 0. The van der Waals surface area contributed by atoms with Gasteiger partial charge in [0.15, 0.2) is 11.2 Å². The van der Waals surface area contributed by atoms with Gasteiger partial charge in [0.2, 0.25) is 0 Å². The van der Waals surface area contributed by atoms with Gasteiger partial charge < -0.3 is 14.8 Å². The Labute approximate surface area is 129 Å². The first-order chi connectivity index (χ1) is 10.5. The van der Waals surface area contributed by atoms with Crippen LogP contribution in [0.3, 0.4) is 0 Å². The zero-order valence-corrected chi connectivity index (χ0v) is 12.2. The van der Waals surface area contributed by atoms with Crippen LogP contribution < -0.4 is 10.2 Å². The first kappa shape index (κ1) is 14.4. The van der Waals surface area contributed by atoms with Crippen molar-refractivity contribution in [3.63, 3.8) is 0 Å². The van der Waals surface area contributed by atoms with Crippen LogP contribution in [-0.2, 0) is 0 Å². The van der Waals surface area contributed by atoms with Gasteiger partial charge in [0.05, 0.1) is 28.7 Å². The second-order valence-corrected chi connectivity index (χ2v) is 5.12. The highest BCUT2D eigenvalue weighted by Crippen LogP contribution is 2.30. The van der Waals surface area contributed by atoms with Gasteiger partial charge in [-0.05, 0) is 12.1 Å². The van der Waals surface area contributed by atoms with Crippen LogP contribution in [0.4, 0.5) is 4.39 Å². The molecule has 0 spiro atoms. The predicted molar refractivity (Wildman–Crippen MR) is 83.2 cm³/mol. The fourth-order valence-corrected chi connectivity index (χ4v) is 2.49. The monoisotopic (exact) mass is 319 g/mol. The first-order valence-corrected chi connectivity index (χ1v) is 6.77. The zero-order valence-electron chi connectivity index (χ0n) is 11.5. The molecule has 0 amide bonds. The number of aromatic hydroxyl groups is 1. The third-order valence-corrected chi connectivity index (χ3v) is 3.65. The Morgan fingerprint density at radius 1 is 1.27 bits per heavy atom. The number of aromatic amines is 1. The Morgan fingerprint density at radius 2 is 2.05 bits per heavy atom. The topological polar surface area (TPSA) is 62.3 Å². The van der Waals surface area contributed by atoms with Crippen LogP contribution in [0.5, 0.6) is 11.5 Å². The van der Waals surface area contributed by atoms with Crippen molar-refractivity contribution in [1.29, 1.82) is 0 Å². The minimum atomic E-state index is -0.619. The maximum Gasteiger partial charge on any atom is 0.193 e. The van der Waals surface area contributed by atoms with E-state index in [1.54, 1.807) is 12.1 Å². The van der Waals surface area contributed by atoms with E-state index in [-0.39, 0.29) is 27.4 Å². The molecule has 1 aromatic heterocycles. The highest BCUT2D eigenvalue weighted by atomic mass is 35.5. The molecule has 0 radical (unpaired) electrons. The number of hydrogen-bond donors (Lipinski definition) is 2. The minimum absolute atomic E-state index is 0.0352. The molecule has 0 aliphatic carbocycles. The fourth-order valence-electron chi connectivity index (χ4n) is 2.32. The molecule has 2 N–H and O–H groups in total. The lowest BCUT2D eigenvalue weighted by atomic mass is 10.1. The van der Waals surface area contributed by atoms with Crippen LogP contribution in [0, 0.1) is 5.82 Å². The SMILES string of the molecule is COc1cc(O)c2c(=O)cc(-c3cccc(Cl)c3F)[nH]c2c1. The fraction of sp³-hybridized carbons (Fsp3) is 0.0625. The van der Waals surface area contributed by atoms with Crippen LogP contribution in [0.1, 0.15) is 0 Å². The number of pyridine rings is 1. The molecular weight excluding hydrogens is 309 g/mol. The average Bonchev–Trinajstić information content (AvgIpc) is 2.49. The number of rotatable bonds is 2. The Bertz CT molecular complexity index is 937. The molecule has 3 rings (SSSR count). The van der Waals surface area contributed by atoms with Crippen molar-refractivity contribution in [3.8, 4) is 22.8 Å². The van der Waals surface area contributed by atoms with Crippen molar-refractivity contribution in [2.24, 2.45) is 0 Å². The molecule has 3 aromatic rings. The van der Waals surface area contributed by atoms with E-state index < -0.39 is 11.2 Å². The van der Waals surface area contributed by atoms with Crippen molar-refractivity contribution < 1.29 is 14.2 Å². The van der Waals surface area contributed by atoms with Crippen molar-refractivity contribution in [2.45, 2.75) is 0 Å². The lowest BCUT2D eigenvalue weighted by molar-refractivity contribution is 0.409. The van der Waals surface area contributed by atoms with Gasteiger partial charge in [-0.25, -0.2) is 4.39 Å². The average molecular weight is 320 g/mol. The summed E-state index contributed by atoms with van der Waals surface area (Å²) in [6.07, 6.45) is 0. The van der Waals surface area contributed by atoms with Crippen molar-refractivity contribution in [3.05, 3.63) is 57.5 Å². The second kappa shape index (κ2) is 5.35. The van der Waals surface area contributed by atoms with E-state index in [2.05, 4.69) is 4.98 Å². The molecule has 0 fully saturated rings. The van der Waals surface area contributed by atoms with Gasteiger partial charge in [-0.1, -0.05) is 17.7 Å². The highest BCUT2D eigenvalue weighted by molar-refractivity contribution is 6.31. The summed E-state index contributed by atoms with van der Waals surface area (Å²) >= 11 is 5.77. The predicted octanol–water partition coefficient (Wildman–Crippen LogP) is 3.70. The number of hydrogen-bond acceptors (Lipinski definition) is 3. The van der Waals surface area contributed by atoms with Gasteiger partial charge >= 0.3 is 0 Å². The summed E-state index contributed by atoms with van der Waals surface area (Å²) < 4.78 is 19.2. The summed E-state index contributed by atoms with van der Waals surface area (Å²) in [4.78, 5) is 15.1. The quantitative estimate of drug-likeness (QED) is 0.757. The maximum absolute atomic E-state index is 14.1. The number of phenolic OH excluding ortho intramolecular Hbond substituents is 1. The normalized spacial score (nSPS) is 10.9. The molecule has 2 aromatic carbocycles. The Balaban J connectivity index is 2.33. The molecule has 0 atom stereocenters. The van der Waals surface area contributed by atoms with Crippen LogP contribution in [-0.4, -0.2) is 17.2 Å². The standard InChI is InChI=1S/C16H11ClFNO3/c1-22-8-5-12-15(13(20)6-8)14(21)7-11(19-12)9-3-2-4-10(17)16(9)18/h2-7,20H,1H3,(H,19,21). The number of halogens is 2. The summed E-state index contributed by atoms with van der Waals surface area (Å²) in [5, 5.41) is 10.0. The molecule has 0 bridgehead atoms. The smallest absolute Gasteiger partial charge is 0.193 e. The van der Waals surface area contributed by atoms with Crippen LogP contribution in [0.2, 0.25) is 5.02 Å². The van der Waals surface area contributed by atoms with E-state index >= 15 is 0 Å². The van der Waals surface area contributed by atoms with Crippen LogP contribution in [0.15, 0.2) is 41.2 Å². The van der Waals surface area contributed by atoms with Crippen molar-refractivity contribution >= 4 is 22.5 Å². The Morgan fingerprint density at radius 3 is 2.77 bits per heavy atom. The number of methoxy groups -OCH3 is 1. The maximum atomic E-state index is 14.1. The third-order valence-electron chi connectivity index (χ3n) is 3.36. The highest BCUT2D eigenvalue weighted by Gasteiger charge is 2.13. The second-order valence-electron chi connectivity index (χ2n) is 4.72. The van der Waals surface area contributed by atoms with Gasteiger partial charge in [-0.2, -0.15) is 0 Å². The molecule has 22 heavy (non-hydrogen) atoms. The van der Waals surface area contributed by atoms with E-state index in [0.29, 0.717) is 11.3 Å². The Hall–Kier alpha value is -2.53. The molecule has 0 unspecified atom stereocenters. The van der Waals surface area contributed by atoms with E-state index in [9.17, 15) is 14.3 Å². The van der Waals surface area contributed by atoms with E-state index in [1.807, 2.05) is 0 Å². The van der Waals surface area contributed by atoms with Crippen LogP contribution in [0.25, 0.3) is 22.2 Å². The van der Waals surface area contributed by atoms with E-state index in [1.165, 1.54) is 31.4 Å². The number of benzene rings is 2. The van der Waals surface area contributed by atoms with Crippen LogP contribution >= 0.6 is 11.6 Å². The number of ether oxygens (including phenoxy) is 1. The number of aromatic nitrogens is 1. The lowest BCUT2D eigenvalue weighted by Gasteiger charge is -2.09. The number of H-pyrrole nitrogens is 1. The van der Waals surface area contributed by atoms with Gasteiger partial charge in [-0.3, -0.25) is 4.79 Å². The number of fused-ring (bicyclic) bond motifs is 1. The van der Waals surface area contributed by atoms with Gasteiger partial charge in [0.25, 0.3) is 0 Å². The summed E-state index contributed by atoms with van der Waals surface area (Å²) in [6, 6.07) is 8.65. The molecule has 0 aliphatic rings. The van der Waals surface area contributed by atoms with Gasteiger partial charge in [-0.15, -0.1) is 0 Å². The summed E-state index contributed by atoms with van der Waals surface area (Å²) in [5.74, 6) is -0.440. The molecule has 0 saturated heterocycles. The third kappa shape index (κ3) is 2.29. The number of phenols is 1. The van der Waals surface area contributed by atoms with Gasteiger partial charge in [0.1, 0.15) is 11.5 Å². The van der Waals surface area contributed by atoms with Crippen molar-refractivity contribution in [2.75, 3.05) is 7.11 Å². The molecule has 0 saturated carbocycles. The largest absolute Gasteiger partial charge is 0.507 e. The van der Waals surface area contributed by atoms with E-state index in [0.717, 1.165) is 0 Å². The van der Waals surface area contributed by atoms with Gasteiger partial charge in [0, 0.05) is 23.8 Å². The molecule has 112 valence electrons. The summed E-state index contributed by atoms with van der Waals surface area (Å²) in [7, 11) is 1.44. The molecule has 1 heterocycles. The summed E-state index contributed by atoms with van der Waals surface area (Å²) in [5.41, 5.74) is 0.362. The number of nitrogens with one attached hydrogen (secondary N) is 1. The molecule has 4 nitrogen and oxygen atoms in total. The zero-order chi connectivity index (χ0) is 15.9.